The number of carbonyl (C=O) groups is 2. The van der Waals surface area contributed by atoms with Gasteiger partial charge in [0, 0.05) is 7.11 Å². The van der Waals surface area contributed by atoms with Crippen LogP contribution in [0.2, 0.25) is 0 Å². The van der Waals surface area contributed by atoms with E-state index < -0.39 is 11.9 Å². The number of ether oxygens (including phenoxy) is 3. The number of hydrogen-bond donors (Lipinski definition) is 0. The van der Waals surface area contributed by atoms with Crippen LogP contribution in [-0.2, 0) is 14.2 Å². The molecule has 0 aliphatic carbocycles. The number of carbonyl (C=O) groups excluding carboxylic acids is 2. The zero-order valence-corrected chi connectivity index (χ0v) is 12.0. The number of methoxy groups -OCH3 is 1. The van der Waals surface area contributed by atoms with Crippen LogP contribution in [0.5, 0.6) is 0 Å². The van der Waals surface area contributed by atoms with E-state index >= 15 is 0 Å². The molecule has 0 saturated carbocycles. The molecule has 110 valence electrons. The Morgan fingerprint density at radius 2 is 1.45 bits per heavy atom. The van der Waals surface area contributed by atoms with E-state index in [9.17, 15) is 9.59 Å². The molecule has 0 unspecified atom stereocenters. The Morgan fingerprint density at radius 1 is 0.950 bits per heavy atom. The van der Waals surface area contributed by atoms with Gasteiger partial charge in [-0.2, -0.15) is 0 Å². The molecule has 0 atom stereocenters. The summed E-state index contributed by atoms with van der Waals surface area (Å²) in [5.41, 5.74) is 0.806. The molecule has 20 heavy (non-hydrogen) atoms. The second kappa shape index (κ2) is 8.32. The van der Waals surface area contributed by atoms with Gasteiger partial charge in [0.1, 0.15) is 6.61 Å². The summed E-state index contributed by atoms with van der Waals surface area (Å²) in [5, 5.41) is 0. The zero-order valence-electron chi connectivity index (χ0n) is 12.0. The first-order valence-corrected chi connectivity index (χ1v) is 6.48. The Hall–Kier alpha value is -1.88. The predicted molar refractivity (Wildman–Crippen MR) is 73.7 cm³/mol. The highest BCUT2D eigenvalue weighted by molar-refractivity contribution is 5.93. The minimum absolute atomic E-state index is 0.202. The summed E-state index contributed by atoms with van der Waals surface area (Å²) < 4.78 is 14.9. The fourth-order valence-corrected chi connectivity index (χ4v) is 1.37. The lowest BCUT2D eigenvalue weighted by molar-refractivity contribution is 0.0386. The summed E-state index contributed by atoms with van der Waals surface area (Å²) in [6, 6.07) is 6.19. The summed E-state index contributed by atoms with van der Waals surface area (Å²) >= 11 is 0. The molecule has 1 rings (SSSR count). The Labute approximate surface area is 118 Å². The standard InChI is InChI=1S/C15H20O5/c1-11(2)10-20-15(17)13-6-4-12(5-7-13)14(16)19-9-8-18-3/h4-7,11H,8-10H2,1-3H3. The molecule has 0 bridgehead atoms. The van der Waals surface area contributed by atoms with E-state index in [4.69, 9.17) is 14.2 Å². The van der Waals surface area contributed by atoms with Crippen molar-refractivity contribution in [1.29, 1.82) is 0 Å². The van der Waals surface area contributed by atoms with Gasteiger partial charge < -0.3 is 14.2 Å². The van der Waals surface area contributed by atoms with Crippen LogP contribution in [0.4, 0.5) is 0 Å². The molecule has 0 aliphatic rings. The fraction of sp³-hybridized carbons (Fsp3) is 0.467. The lowest BCUT2D eigenvalue weighted by atomic mass is 10.1. The van der Waals surface area contributed by atoms with E-state index in [-0.39, 0.29) is 12.5 Å². The molecular weight excluding hydrogens is 260 g/mol. The average molecular weight is 280 g/mol. The van der Waals surface area contributed by atoms with E-state index in [1.807, 2.05) is 13.8 Å². The molecule has 0 N–H and O–H groups in total. The van der Waals surface area contributed by atoms with Gasteiger partial charge in [0.15, 0.2) is 0 Å². The van der Waals surface area contributed by atoms with Gasteiger partial charge in [0.25, 0.3) is 0 Å². The van der Waals surface area contributed by atoms with Crippen LogP contribution in [-0.4, -0.2) is 38.9 Å². The third kappa shape index (κ3) is 5.40. The molecule has 0 heterocycles. The number of rotatable bonds is 7. The van der Waals surface area contributed by atoms with E-state index in [1.54, 1.807) is 24.3 Å². The van der Waals surface area contributed by atoms with Gasteiger partial charge in [-0.15, -0.1) is 0 Å². The minimum Gasteiger partial charge on any atom is -0.462 e. The summed E-state index contributed by atoms with van der Waals surface area (Å²) in [4.78, 5) is 23.3. The molecule has 5 nitrogen and oxygen atoms in total. The molecule has 0 radical (unpaired) electrons. The fourth-order valence-electron chi connectivity index (χ4n) is 1.37. The van der Waals surface area contributed by atoms with Crippen molar-refractivity contribution in [2.45, 2.75) is 13.8 Å². The largest absolute Gasteiger partial charge is 0.462 e. The minimum atomic E-state index is -0.441. The Balaban J connectivity index is 2.55. The van der Waals surface area contributed by atoms with Crippen molar-refractivity contribution in [3.63, 3.8) is 0 Å². The molecule has 0 amide bonds. The number of benzene rings is 1. The zero-order chi connectivity index (χ0) is 15.0. The lowest BCUT2D eigenvalue weighted by Crippen LogP contribution is -2.12. The van der Waals surface area contributed by atoms with Gasteiger partial charge in [0.2, 0.25) is 0 Å². The van der Waals surface area contributed by atoms with E-state index in [2.05, 4.69) is 0 Å². The maximum absolute atomic E-state index is 11.7. The highest BCUT2D eigenvalue weighted by atomic mass is 16.6. The van der Waals surface area contributed by atoms with Crippen LogP contribution < -0.4 is 0 Å². The monoisotopic (exact) mass is 280 g/mol. The van der Waals surface area contributed by atoms with Crippen molar-refractivity contribution in [2.24, 2.45) is 5.92 Å². The summed E-state index contributed by atoms with van der Waals surface area (Å²) in [6.45, 7) is 4.86. The summed E-state index contributed by atoms with van der Waals surface area (Å²) in [6.07, 6.45) is 0. The van der Waals surface area contributed by atoms with Gasteiger partial charge in [-0.3, -0.25) is 0 Å². The highest BCUT2D eigenvalue weighted by Gasteiger charge is 2.11. The molecule has 1 aromatic carbocycles. The van der Waals surface area contributed by atoms with Crippen molar-refractivity contribution in [2.75, 3.05) is 26.9 Å². The van der Waals surface area contributed by atoms with E-state index in [0.717, 1.165) is 0 Å². The van der Waals surface area contributed by atoms with Crippen LogP contribution in [0.15, 0.2) is 24.3 Å². The molecule has 0 saturated heterocycles. The summed E-state index contributed by atoms with van der Waals surface area (Å²) in [7, 11) is 1.53. The maximum atomic E-state index is 11.7. The van der Waals surface area contributed by atoms with Crippen LogP contribution in [0.25, 0.3) is 0 Å². The third-order valence-electron chi connectivity index (χ3n) is 2.42. The SMILES string of the molecule is COCCOC(=O)c1ccc(C(=O)OCC(C)C)cc1. The van der Waals surface area contributed by atoms with Crippen LogP contribution in [0, 0.1) is 5.92 Å². The van der Waals surface area contributed by atoms with Crippen LogP contribution >= 0.6 is 0 Å². The van der Waals surface area contributed by atoms with Crippen molar-refractivity contribution in [3.8, 4) is 0 Å². The van der Waals surface area contributed by atoms with Gasteiger partial charge in [0.05, 0.1) is 24.3 Å². The molecule has 0 aliphatic heterocycles. The number of hydrogen-bond acceptors (Lipinski definition) is 5. The van der Waals surface area contributed by atoms with Crippen molar-refractivity contribution in [1.82, 2.24) is 0 Å². The van der Waals surface area contributed by atoms with Crippen molar-refractivity contribution < 1.29 is 23.8 Å². The van der Waals surface area contributed by atoms with E-state index in [0.29, 0.717) is 24.3 Å². The van der Waals surface area contributed by atoms with Gasteiger partial charge >= 0.3 is 11.9 Å². The second-order valence-corrected chi connectivity index (χ2v) is 4.70. The normalized spacial score (nSPS) is 10.4. The lowest BCUT2D eigenvalue weighted by Gasteiger charge is -2.08. The first-order chi connectivity index (χ1) is 9.54. The van der Waals surface area contributed by atoms with Crippen molar-refractivity contribution in [3.05, 3.63) is 35.4 Å². The molecular formula is C15H20O5. The molecule has 0 aromatic heterocycles. The van der Waals surface area contributed by atoms with Crippen LogP contribution in [0.3, 0.4) is 0 Å². The third-order valence-corrected chi connectivity index (χ3v) is 2.42. The average Bonchev–Trinajstić information content (AvgIpc) is 2.45. The topological polar surface area (TPSA) is 61.8 Å². The Bertz CT molecular complexity index is 436. The Kier molecular flexibility index (Phi) is 6.73. The Morgan fingerprint density at radius 3 is 1.90 bits per heavy atom. The maximum Gasteiger partial charge on any atom is 0.338 e. The predicted octanol–water partition coefficient (Wildman–Crippen LogP) is 2.30. The molecule has 1 aromatic rings. The van der Waals surface area contributed by atoms with Gasteiger partial charge in [-0.1, -0.05) is 13.8 Å². The smallest absolute Gasteiger partial charge is 0.338 e. The van der Waals surface area contributed by atoms with Crippen LogP contribution in [0.1, 0.15) is 34.6 Å². The first kappa shape index (κ1) is 16.2. The first-order valence-electron chi connectivity index (χ1n) is 6.48. The quantitative estimate of drug-likeness (QED) is 0.566. The second-order valence-electron chi connectivity index (χ2n) is 4.70. The molecule has 0 fully saturated rings. The molecule has 5 heteroatoms. The molecule has 0 spiro atoms. The van der Waals surface area contributed by atoms with Gasteiger partial charge in [-0.05, 0) is 30.2 Å². The van der Waals surface area contributed by atoms with Gasteiger partial charge in [-0.25, -0.2) is 9.59 Å². The van der Waals surface area contributed by atoms with Crippen molar-refractivity contribution >= 4 is 11.9 Å². The highest BCUT2D eigenvalue weighted by Crippen LogP contribution is 2.08. The summed E-state index contributed by atoms with van der Waals surface area (Å²) in [5.74, 6) is -0.545. The van der Waals surface area contributed by atoms with E-state index in [1.165, 1.54) is 7.11 Å². The number of esters is 2.